The molecule has 1 amide bonds. The Morgan fingerprint density at radius 1 is 1.09 bits per heavy atom. The predicted octanol–water partition coefficient (Wildman–Crippen LogP) is 2.85. The minimum atomic E-state index is -3.66. The average molecular weight is 474 g/mol. The number of aryl methyl sites for hydroxylation is 2. The molecule has 0 aliphatic carbocycles. The average Bonchev–Trinajstić information content (AvgIpc) is 3.26. The molecule has 11 heteroatoms. The fourth-order valence-corrected chi connectivity index (χ4v) is 5.50. The molecule has 1 aliphatic heterocycles. The molecule has 4 rings (SSSR count). The smallest absolute Gasteiger partial charge is 0.272 e. The first-order chi connectivity index (χ1) is 15.3. The summed E-state index contributed by atoms with van der Waals surface area (Å²) in [5.74, 6) is -0.425. The van der Waals surface area contributed by atoms with E-state index < -0.39 is 15.9 Å². The van der Waals surface area contributed by atoms with Crippen molar-refractivity contribution in [2.45, 2.75) is 28.8 Å². The Hall–Kier alpha value is -2.73. The molecular formula is C21H23N5O4S2. The van der Waals surface area contributed by atoms with Gasteiger partial charge in [0.05, 0.1) is 13.2 Å². The maximum Gasteiger partial charge on any atom is 0.272 e. The molecule has 0 spiro atoms. The maximum atomic E-state index is 12.7. The Morgan fingerprint density at radius 3 is 2.41 bits per heavy atom. The summed E-state index contributed by atoms with van der Waals surface area (Å²) in [6.45, 7) is 5.17. The third-order valence-corrected chi connectivity index (χ3v) is 7.54. The highest BCUT2D eigenvalue weighted by Crippen LogP contribution is 2.26. The van der Waals surface area contributed by atoms with Gasteiger partial charge in [-0.05, 0) is 62.0 Å². The van der Waals surface area contributed by atoms with Crippen molar-refractivity contribution in [2.24, 2.45) is 0 Å². The van der Waals surface area contributed by atoms with Crippen molar-refractivity contribution in [2.75, 3.05) is 31.6 Å². The second kappa shape index (κ2) is 9.41. The second-order valence-electron chi connectivity index (χ2n) is 7.28. The van der Waals surface area contributed by atoms with E-state index >= 15 is 0 Å². The van der Waals surface area contributed by atoms with E-state index in [1.54, 1.807) is 12.1 Å². The molecule has 1 fully saturated rings. The number of carbonyl (C=O) groups excluding carboxylic acids is 1. The van der Waals surface area contributed by atoms with Gasteiger partial charge in [-0.15, -0.1) is 0 Å². The van der Waals surface area contributed by atoms with E-state index in [1.165, 1.54) is 28.3 Å². The highest BCUT2D eigenvalue weighted by molar-refractivity contribution is 7.99. The SMILES string of the molecule is Cc1cc(C)nc(Sc2ccc(NC(=O)c3cc(S(=O)(=O)N4CCOCC4)c[nH]3)cc2)n1. The molecule has 0 atom stereocenters. The number of anilines is 1. The Bertz CT molecular complexity index is 1200. The van der Waals surface area contributed by atoms with E-state index in [1.807, 2.05) is 32.0 Å². The zero-order valence-electron chi connectivity index (χ0n) is 17.7. The van der Waals surface area contributed by atoms with Crippen LogP contribution in [0.3, 0.4) is 0 Å². The number of hydrogen-bond acceptors (Lipinski definition) is 7. The lowest BCUT2D eigenvalue weighted by atomic mass is 10.3. The number of morpholine rings is 1. The minimum absolute atomic E-state index is 0.0599. The van der Waals surface area contributed by atoms with Crippen LogP contribution in [0.5, 0.6) is 0 Å². The number of carbonyl (C=O) groups is 1. The number of H-pyrrole nitrogens is 1. The lowest BCUT2D eigenvalue weighted by Gasteiger charge is -2.25. The number of ether oxygens (including phenoxy) is 1. The van der Waals surface area contributed by atoms with Crippen molar-refractivity contribution in [3.63, 3.8) is 0 Å². The molecule has 32 heavy (non-hydrogen) atoms. The summed E-state index contributed by atoms with van der Waals surface area (Å²) in [5.41, 5.74) is 2.57. The first-order valence-electron chi connectivity index (χ1n) is 9.99. The first-order valence-corrected chi connectivity index (χ1v) is 12.2. The third kappa shape index (κ3) is 5.18. The zero-order valence-corrected chi connectivity index (χ0v) is 19.3. The molecule has 168 valence electrons. The van der Waals surface area contributed by atoms with Crippen LogP contribution in [0.4, 0.5) is 5.69 Å². The molecule has 2 aromatic heterocycles. The number of aromatic nitrogens is 3. The number of hydrogen-bond donors (Lipinski definition) is 2. The molecule has 0 bridgehead atoms. The Kier molecular flexibility index (Phi) is 6.60. The van der Waals surface area contributed by atoms with Gasteiger partial charge in [0.2, 0.25) is 10.0 Å². The van der Waals surface area contributed by atoms with E-state index in [-0.39, 0.29) is 10.6 Å². The van der Waals surface area contributed by atoms with E-state index in [0.29, 0.717) is 37.1 Å². The van der Waals surface area contributed by atoms with Crippen molar-refractivity contribution in [3.8, 4) is 0 Å². The summed E-state index contributed by atoms with van der Waals surface area (Å²) in [4.78, 5) is 25.2. The third-order valence-electron chi connectivity index (χ3n) is 4.79. The van der Waals surface area contributed by atoms with Gasteiger partial charge < -0.3 is 15.0 Å². The van der Waals surface area contributed by atoms with Crippen LogP contribution in [-0.2, 0) is 14.8 Å². The summed E-state index contributed by atoms with van der Waals surface area (Å²) in [5, 5.41) is 3.44. The summed E-state index contributed by atoms with van der Waals surface area (Å²) >= 11 is 1.44. The van der Waals surface area contributed by atoms with Crippen LogP contribution in [0.15, 0.2) is 57.5 Å². The monoisotopic (exact) mass is 473 g/mol. The summed E-state index contributed by atoms with van der Waals surface area (Å²) in [6, 6.07) is 10.5. The Labute approximate surface area is 190 Å². The van der Waals surface area contributed by atoms with E-state index in [2.05, 4.69) is 20.3 Å². The molecule has 3 aromatic rings. The van der Waals surface area contributed by atoms with Gasteiger partial charge in [0.25, 0.3) is 5.91 Å². The van der Waals surface area contributed by atoms with Crippen LogP contribution in [0.25, 0.3) is 0 Å². The number of benzene rings is 1. The van der Waals surface area contributed by atoms with Crippen LogP contribution in [0.2, 0.25) is 0 Å². The zero-order chi connectivity index (χ0) is 22.7. The normalized spacial score (nSPS) is 14.9. The van der Waals surface area contributed by atoms with Crippen molar-refractivity contribution in [1.29, 1.82) is 0 Å². The topological polar surface area (TPSA) is 117 Å². The van der Waals surface area contributed by atoms with Gasteiger partial charge in [0, 0.05) is 41.3 Å². The number of amides is 1. The molecule has 9 nitrogen and oxygen atoms in total. The van der Waals surface area contributed by atoms with Gasteiger partial charge in [0.1, 0.15) is 10.6 Å². The Morgan fingerprint density at radius 2 is 1.75 bits per heavy atom. The van der Waals surface area contributed by atoms with Crippen LogP contribution < -0.4 is 5.32 Å². The number of aromatic amines is 1. The molecule has 0 saturated carbocycles. The first kappa shape index (κ1) is 22.5. The fourth-order valence-electron chi connectivity index (χ4n) is 3.24. The van der Waals surface area contributed by atoms with Crippen molar-refractivity contribution >= 4 is 33.4 Å². The van der Waals surface area contributed by atoms with E-state index in [9.17, 15) is 13.2 Å². The van der Waals surface area contributed by atoms with Gasteiger partial charge >= 0.3 is 0 Å². The Balaban J connectivity index is 1.41. The maximum absolute atomic E-state index is 12.7. The van der Waals surface area contributed by atoms with Crippen LogP contribution in [0.1, 0.15) is 21.9 Å². The predicted molar refractivity (Wildman–Crippen MR) is 120 cm³/mol. The van der Waals surface area contributed by atoms with Gasteiger partial charge in [-0.2, -0.15) is 4.31 Å². The minimum Gasteiger partial charge on any atom is -0.379 e. The van der Waals surface area contributed by atoms with Crippen LogP contribution >= 0.6 is 11.8 Å². The largest absolute Gasteiger partial charge is 0.379 e. The number of rotatable bonds is 6. The summed E-state index contributed by atoms with van der Waals surface area (Å²) < 4.78 is 32.0. The molecule has 3 heterocycles. The van der Waals surface area contributed by atoms with Crippen LogP contribution in [-0.4, -0.2) is 59.9 Å². The molecule has 0 unspecified atom stereocenters. The molecular weight excluding hydrogens is 450 g/mol. The van der Waals surface area contributed by atoms with Crippen molar-refractivity contribution < 1.29 is 17.9 Å². The van der Waals surface area contributed by atoms with E-state index in [0.717, 1.165) is 16.3 Å². The van der Waals surface area contributed by atoms with Gasteiger partial charge in [-0.1, -0.05) is 0 Å². The number of nitrogens with one attached hydrogen (secondary N) is 2. The second-order valence-corrected chi connectivity index (χ2v) is 10.3. The molecule has 1 aliphatic rings. The lowest BCUT2D eigenvalue weighted by molar-refractivity contribution is 0.0730. The highest BCUT2D eigenvalue weighted by Gasteiger charge is 2.28. The van der Waals surface area contributed by atoms with Crippen LogP contribution in [0, 0.1) is 13.8 Å². The van der Waals surface area contributed by atoms with E-state index in [4.69, 9.17) is 4.74 Å². The van der Waals surface area contributed by atoms with Gasteiger partial charge in [-0.25, -0.2) is 18.4 Å². The quantitative estimate of drug-likeness (QED) is 0.529. The number of nitrogens with zero attached hydrogens (tertiary/aromatic N) is 3. The highest BCUT2D eigenvalue weighted by atomic mass is 32.2. The van der Waals surface area contributed by atoms with Crippen molar-refractivity contribution in [3.05, 3.63) is 59.7 Å². The lowest BCUT2D eigenvalue weighted by Crippen LogP contribution is -2.40. The fraction of sp³-hybridized carbons (Fsp3) is 0.286. The molecule has 1 saturated heterocycles. The standard InChI is InChI=1S/C21H23N5O4S2/c1-14-11-15(2)24-21(23-14)31-17-5-3-16(4-6-17)25-20(27)19-12-18(13-22-19)32(28,29)26-7-9-30-10-8-26/h3-6,11-13,22H,7-10H2,1-2H3,(H,25,27). The number of sulfonamides is 1. The van der Waals surface area contributed by atoms with Crippen molar-refractivity contribution in [1.82, 2.24) is 19.3 Å². The van der Waals surface area contributed by atoms with Gasteiger partial charge in [-0.3, -0.25) is 4.79 Å². The van der Waals surface area contributed by atoms with Gasteiger partial charge in [0.15, 0.2) is 5.16 Å². The summed E-state index contributed by atoms with van der Waals surface area (Å²) in [6.07, 6.45) is 1.34. The summed E-state index contributed by atoms with van der Waals surface area (Å²) in [7, 11) is -3.66. The molecule has 2 N–H and O–H groups in total. The molecule has 1 aromatic carbocycles. The molecule has 0 radical (unpaired) electrons.